The molecule has 2 aliphatic rings. The van der Waals surface area contributed by atoms with Crippen LogP contribution in [0.15, 0.2) is 72.2 Å². The molecule has 0 amide bonds. The Morgan fingerprint density at radius 1 is 0.682 bits per heavy atom. The van der Waals surface area contributed by atoms with Crippen molar-refractivity contribution >= 4 is 11.4 Å². The SMILES string of the molecule is CC1=C2C1N(c1ccc(C)cc1)C=CN2c1ccc(C)cc1. The van der Waals surface area contributed by atoms with Crippen LogP contribution in [0.5, 0.6) is 0 Å². The van der Waals surface area contributed by atoms with Crippen molar-refractivity contribution < 1.29 is 0 Å². The first-order valence-corrected chi connectivity index (χ1v) is 7.75. The Bertz CT molecular complexity index is 766. The molecule has 0 fully saturated rings. The molecule has 0 aromatic heterocycles. The summed E-state index contributed by atoms with van der Waals surface area (Å²) in [5, 5.41) is 0. The van der Waals surface area contributed by atoms with Crippen molar-refractivity contribution in [2.75, 3.05) is 9.80 Å². The third-order valence-corrected chi connectivity index (χ3v) is 4.55. The molecular weight excluding hydrogens is 268 g/mol. The summed E-state index contributed by atoms with van der Waals surface area (Å²) in [5.41, 5.74) is 7.95. The second kappa shape index (κ2) is 4.77. The third-order valence-electron chi connectivity index (χ3n) is 4.55. The highest BCUT2D eigenvalue weighted by atomic mass is 15.3. The number of anilines is 2. The lowest BCUT2D eigenvalue weighted by Gasteiger charge is -2.30. The molecule has 1 aliphatic carbocycles. The fraction of sp³-hybridized carbons (Fsp3) is 0.200. The van der Waals surface area contributed by atoms with E-state index < -0.39 is 0 Å². The lowest BCUT2D eigenvalue weighted by atomic mass is 10.2. The highest BCUT2D eigenvalue weighted by Crippen LogP contribution is 2.45. The second-order valence-electron chi connectivity index (χ2n) is 6.22. The van der Waals surface area contributed by atoms with E-state index in [-0.39, 0.29) is 0 Å². The van der Waals surface area contributed by atoms with Crippen LogP contribution in [0.3, 0.4) is 0 Å². The summed E-state index contributed by atoms with van der Waals surface area (Å²) >= 11 is 0. The van der Waals surface area contributed by atoms with Gasteiger partial charge in [0.1, 0.15) is 0 Å². The van der Waals surface area contributed by atoms with Crippen LogP contribution in [0.2, 0.25) is 0 Å². The second-order valence-corrected chi connectivity index (χ2v) is 6.22. The number of aryl methyl sites for hydroxylation is 2. The number of fused-ring (bicyclic) bond motifs is 1. The van der Waals surface area contributed by atoms with Gasteiger partial charge in [-0.25, -0.2) is 0 Å². The predicted octanol–water partition coefficient (Wildman–Crippen LogP) is 4.76. The zero-order chi connectivity index (χ0) is 15.3. The van der Waals surface area contributed by atoms with Crippen molar-refractivity contribution in [3.8, 4) is 0 Å². The molecule has 0 bridgehead atoms. The minimum absolute atomic E-state index is 0.411. The molecule has 0 saturated carbocycles. The van der Waals surface area contributed by atoms with Gasteiger partial charge in [-0.3, -0.25) is 0 Å². The van der Waals surface area contributed by atoms with E-state index in [1.807, 2.05) is 0 Å². The predicted molar refractivity (Wildman–Crippen MR) is 92.9 cm³/mol. The molecule has 2 nitrogen and oxygen atoms in total. The molecule has 4 rings (SSSR count). The number of benzene rings is 2. The summed E-state index contributed by atoms with van der Waals surface area (Å²) in [6.07, 6.45) is 4.36. The van der Waals surface area contributed by atoms with Crippen LogP contribution < -0.4 is 9.80 Å². The average Bonchev–Trinajstić information content (AvgIpc) is 3.20. The Morgan fingerprint density at radius 2 is 1.23 bits per heavy atom. The van der Waals surface area contributed by atoms with Crippen molar-refractivity contribution in [3.05, 3.63) is 83.3 Å². The number of rotatable bonds is 2. The summed E-state index contributed by atoms with van der Waals surface area (Å²) < 4.78 is 0. The lowest BCUT2D eigenvalue weighted by Crippen LogP contribution is -2.31. The van der Waals surface area contributed by atoms with E-state index in [1.54, 1.807) is 0 Å². The molecule has 0 spiro atoms. The van der Waals surface area contributed by atoms with Crippen LogP contribution in [-0.2, 0) is 0 Å². The Morgan fingerprint density at radius 3 is 1.82 bits per heavy atom. The molecule has 0 saturated heterocycles. The van der Waals surface area contributed by atoms with Crippen LogP contribution in [0, 0.1) is 13.8 Å². The van der Waals surface area contributed by atoms with Crippen molar-refractivity contribution in [2.45, 2.75) is 26.8 Å². The fourth-order valence-corrected chi connectivity index (χ4v) is 3.15. The monoisotopic (exact) mass is 288 g/mol. The Balaban J connectivity index is 1.66. The molecule has 1 unspecified atom stereocenters. The summed E-state index contributed by atoms with van der Waals surface area (Å²) in [6, 6.07) is 17.9. The molecule has 110 valence electrons. The first-order valence-electron chi connectivity index (χ1n) is 7.75. The zero-order valence-electron chi connectivity index (χ0n) is 13.2. The summed E-state index contributed by atoms with van der Waals surface area (Å²) in [5.74, 6) is 0. The van der Waals surface area contributed by atoms with Crippen molar-refractivity contribution in [3.63, 3.8) is 0 Å². The zero-order valence-corrected chi connectivity index (χ0v) is 13.2. The Hall–Kier alpha value is -2.48. The smallest absolute Gasteiger partial charge is 0.0971 e. The molecule has 1 aliphatic heterocycles. The van der Waals surface area contributed by atoms with Crippen LogP contribution >= 0.6 is 0 Å². The maximum atomic E-state index is 2.36. The standard InChI is InChI=1S/C20H20N2/c1-14-4-8-17(9-5-14)21-12-13-22(20-16(3)19(20)21)18-10-6-15(2)7-11-18/h4-13,19H,1-3H3. The Kier molecular flexibility index (Phi) is 2.86. The number of nitrogens with zero attached hydrogens (tertiary/aromatic N) is 2. The van der Waals surface area contributed by atoms with Crippen LogP contribution in [0.1, 0.15) is 18.1 Å². The topological polar surface area (TPSA) is 6.48 Å². The van der Waals surface area contributed by atoms with Gasteiger partial charge in [-0.2, -0.15) is 0 Å². The molecule has 0 N–H and O–H groups in total. The molecule has 2 aromatic carbocycles. The van der Waals surface area contributed by atoms with Crippen molar-refractivity contribution in [1.82, 2.24) is 0 Å². The average molecular weight is 288 g/mol. The largest absolute Gasteiger partial charge is 0.334 e. The van der Waals surface area contributed by atoms with Gasteiger partial charge in [0.15, 0.2) is 0 Å². The van der Waals surface area contributed by atoms with E-state index in [4.69, 9.17) is 0 Å². The fourth-order valence-electron chi connectivity index (χ4n) is 3.15. The highest BCUT2D eigenvalue weighted by molar-refractivity contribution is 5.74. The molecular formula is C20H20N2. The van der Waals surface area contributed by atoms with Crippen LogP contribution in [0.4, 0.5) is 11.4 Å². The summed E-state index contributed by atoms with van der Waals surface area (Å²) in [4.78, 5) is 4.67. The Labute approximate surface area is 132 Å². The van der Waals surface area contributed by atoms with Crippen molar-refractivity contribution in [2.24, 2.45) is 0 Å². The van der Waals surface area contributed by atoms with Crippen LogP contribution in [-0.4, -0.2) is 6.04 Å². The van der Waals surface area contributed by atoms with Crippen LogP contribution in [0.25, 0.3) is 0 Å². The van der Waals surface area contributed by atoms with E-state index in [2.05, 4.69) is 91.5 Å². The summed E-state index contributed by atoms with van der Waals surface area (Å²) in [6.45, 7) is 6.48. The van der Waals surface area contributed by atoms with Gasteiger partial charge in [0.05, 0.1) is 11.7 Å². The van der Waals surface area contributed by atoms with E-state index in [0.29, 0.717) is 6.04 Å². The molecule has 2 heteroatoms. The normalized spacial score (nSPS) is 19.5. The molecule has 2 aromatic rings. The lowest BCUT2D eigenvalue weighted by molar-refractivity contribution is 0.915. The molecule has 1 atom stereocenters. The number of hydrogen-bond acceptors (Lipinski definition) is 2. The first kappa shape index (κ1) is 13.2. The van der Waals surface area contributed by atoms with Gasteiger partial charge in [0, 0.05) is 23.8 Å². The molecule has 22 heavy (non-hydrogen) atoms. The maximum absolute atomic E-state index is 2.36. The minimum Gasteiger partial charge on any atom is -0.334 e. The minimum atomic E-state index is 0.411. The maximum Gasteiger partial charge on any atom is 0.0971 e. The van der Waals surface area contributed by atoms with Gasteiger partial charge in [-0.15, -0.1) is 0 Å². The van der Waals surface area contributed by atoms with Gasteiger partial charge in [-0.1, -0.05) is 35.4 Å². The van der Waals surface area contributed by atoms with Gasteiger partial charge in [-0.05, 0) is 50.6 Å². The van der Waals surface area contributed by atoms with Gasteiger partial charge < -0.3 is 9.80 Å². The molecule has 0 radical (unpaired) electrons. The van der Waals surface area contributed by atoms with Gasteiger partial charge >= 0.3 is 0 Å². The third kappa shape index (κ3) is 2.03. The first-order chi connectivity index (χ1) is 10.6. The van der Waals surface area contributed by atoms with E-state index in [0.717, 1.165) is 0 Å². The van der Waals surface area contributed by atoms with E-state index in [1.165, 1.54) is 33.8 Å². The van der Waals surface area contributed by atoms with E-state index in [9.17, 15) is 0 Å². The quantitative estimate of drug-likeness (QED) is 0.786. The summed E-state index contributed by atoms with van der Waals surface area (Å²) in [7, 11) is 0. The van der Waals surface area contributed by atoms with Gasteiger partial charge in [0.2, 0.25) is 0 Å². The molecule has 1 heterocycles. The highest BCUT2D eigenvalue weighted by Gasteiger charge is 2.43. The van der Waals surface area contributed by atoms with Crippen molar-refractivity contribution in [1.29, 1.82) is 0 Å². The van der Waals surface area contributed by atoms with E-state index >= 15 is 0 Å². The number of hydrogen-bond donors (Lipinski definition) is 0. The van der Waals surface area contributed by atoms with Gasteiger partial charge in [0.25, 0.3) is 0 Å².